The van der Waals surface area contributed by atoms with Crippen molar-refractivity contribution in [2.24, 2.45) is 0 Å². The number of benzene rings is 1. The molecule has 2 aromatic heterocycles. The van der Waals surface area contributed by atoms with E-state index in [1.54, 1.807) is 0 Å². The number of aryl methyl sites for hydroxylation is 1. The first-order chi connectivity index (χ1) is 8.83. The molecule has 0 atom stereocenters. The molecule has 3 rings (SSSR count). The Bertz CT molecular complexity index is 659. The number of pyridine rings is 1. The topological polar surface area (TPSA) is 17.8 Å². The molecule has 0 saturated carbocycles. The summed E-state index contributed by atoms with van der Waals surface area (Å²) in [6, 6.07) is 16.5. The van der Waals surface area contributed by atoms with Gasteiger partial charge in [0.25, 0.3) is 0 Å². The van der Waals surface area contributed by atoms with Crippen LogP contribution in [0.4, 0.5) is 0 Å². The number of aromatic nitrogens is 2. The lowest BCUT2D eigenvalue weighted by atomic mass is 10.2. The summed E-state index contributed by atoms with van der Waals surface area (Å²) in [6.45, 7) is 2.10. The zero-order valence-corrected chi connectivity index (χ0v) is 11.5. The maximum atomic E-state index is 4.36. The first kappa shape index (κ1) is 13.4. The Labute approximate surface area is 119 Å². The minimum absolute atomic E-state index is 0. The van der Waals surface area contributed by atoms with E-state index in [0.717, 1.165) is 11.3 Å². The maximum absolute atomic E-state index is 4.36. The molecule has 0 unspecified atom stereocenters. The predicted octanol–water partition coefficient (Wildman–Crippen LogP) is 4.27. The van der Waals surface area contributed by atoms with Gasteiger partial charge in [0.15, 0.2) is 0 Å². The van der Waals surface area contributed by atoms with E-state index in [9.17, 15) is 0 Å². The molecule has 0 aliphatic carbocycles. The highest BCUT2D eigenvalue weighted by atomic mass is 35.5. The van der Waals surface area contributed by atoms with Gasteiger partial charge in [-0.3, -0.25) is 4.98 Å². The van der Waals surface area contributed by atoms with Gasteiger partial charge in [-0.15, -0.1) is 12.4 Å². The van der Waals surface area contributed by atoms with Crippen molar-refractivity contribution in [3.8, 4) is 16.9 Å². The van der Waals surface area contributed by atoms with Crippen LogP contribution in [0.3, 0.4) is 0 Å². The third-order valence-corrected chi connectivity index (χ3v) is 2.95. The molecule has 2 heterocycles. The van der Waals surface area contributed by atoms with Gasteiger partial charge >= 0.3 is 0 Å². The van der Waals surface area contributed by atoms with E-state index in [-0.39, 0.29) is 12.4 Å². The van der Waals surface area contributed by atoms with Crippen LogP contribution in [0.15, 0.2) is 67.1 Å². The molecule has 0 fully saturated rings. The summed E-state index contributed by atoms with van der Waals surface area (Å²) in [4.78, 5) is 4.36. The summed E-state index contributed by atoms with van der Waals surface area (Å²) in [6.07, 6.45) is 6.00. The highest BCUT2D eigenvalue weighted by Crippen LogP contribution is 2.19. The second kappa shape index (κ2) is 5.72. The number of hydrogen-bond acceptors (Lipinski definition) is 1. The van der Waals surface area contributed by atoms with Crippen molar-refractivity contribution in [1.29, 1.82) is 0 Å². The molecule has 96 valence electrons. The Hall–Kier alpha value is -2.06. The molecule has 0 amide bonds. The first-order valence-corrected chi connectivity index (χ1v) is 5.99. The van der Waals surface area contributed by atoms with E-state index in [2.05, 4.69) is 59.2 Å². The van der Waals surface area contributed by atoms with Crippen molar-refractivity contribution in [2.45, 2.75) is 6.92 Å². The molecule has 0 aliphatic heterocycles. The summed E-state index contributed by atoms with van der Waals surface area (Å²) in [5.41, 5.74) is 4.58. The molecule has 2 nitrogen and oxygen atoms in total. The van der Waals surface area contributed by atoms with E-state index < -0.39 is 0 Å². The third-order valence-electron chi connectivity index (χ3n) is 2.95. The number of rotatable bonds is 2. The number of hydrogen-bond donors (Lipinski definition) is 0. The SMILES string of the molecule is Cc1cccc(-n2ccc(-c3ccccn3)c2)c1.Cl. The Kier molecular flexibility index (Phi) is 4.03. The lowest BCUT2D eigenvalue weighted by Gasteiger charge is -2.03. The highest BCUT2D eigenvalue weighted by Gasteiger charge is 2.02. The van der Waals surface area contributed by atoms with Crippen LogP contribution in [0.25, 0.3) is 16.9 Å². The van der Waals surface area contributed by atoms with Crippen LogP contribution in [-0.2, 0) is 0 Å². The van der Waals surface area contributed by atoms with E-state index in [4.69, 9.17) is 0 Å². The van der Waals surface area contributed by atoms with Crippen LogP contribution in [0.5, 0.6) is 0 Å². The fraction of sp³-hybridized carbons (Fsp3) is 0.0625. The van der Waals surface area contributed by atoms with E-state index in [1.807, 2.05) is 24.4 Å². The molecule has 0 N–H and O–H groups in total. The van der Waals surface area contributed by atoms with Crippen molar-refractivity contribution >= 4 is 12.4 Å². The summed E-state index contributed by atoms with van der Waals surface area (Å²) in [5.74, 6) is 0. The average molecular weight is 271 g/mol. The van der Waals surface area contributed by atoms with Crippen LogP contribution in [0.2, 0.25) is 0 Å². The van der Waals surface area contributed by atoms with E-state index in [1.165, 1.54) is 11.3 Å². The van der Waals surface area contributed by atoms with Crippen LogP contribution in [0, 0.1) is 6.92 Å². The van der Waals surface area contributed by atoms with Gasteiger partial charge in [-0.1, -0.05) is 18.2 Å². The fourth-order valence-electron chi connectivity index (χ4n) is 2.03. The Morgan fingerprint density at radius 2 is 1.89 bits per heavy atom. The fourth-order valence-corrected chi connectivity index (χ4v) is 2.03. The lowest BCUT2D eigenvalue weighted by Crippen LogP contribution is -1.89. The quantitative estimate of drug-likeness (QED) is 0.680. The van der Waals surface area contributed by atoms with Crippen molar-refractivity contribution in [2.75, 3.05) is 0 Å². The zero-order chi connectivity index (χ0) is 12.4. The largest absolute Gasteiger partial charge is 0.323 e. The molecule has 19 heavy (non-hydrogen) atoms. The standard InChI is InChI=1S/C16H14N2.ClH/c1-13-5-4-6-15(11-13)18-10-8-14(12-18)16-7-2-3-9-17-16;/h2-12H,1H3;1H. The van der Waals surface area contributed by atoms with E-state index >= 15 is 0 Å². The minimum Gasteiger partial charge on any atom is -0.323 e. The van der Waals surface area contributed by atoms with Gasteiger partial charge in [0.1, 0.15) is 0 Å². The first-order valence-electron chi connectivity index (χ1n) is 5.99. The van der Waals surface area contributed by atoms with Crippen LogP contribution < -0.4 is 0 Å². The van der Waals surface area contributed by atoms with Gasteiger partial charge in [-0.2, -0.15) is 0 Å². The van der Waals surface area contributed by atoms with Gasteiger partial charge in [-0.05, 0) is 42.8 Å². The Morgan fingerprint density at radius 1 is 1.00 bits per heavy atom. The molecule has 0 saturated heterocycles. The third kappa shape index (κ3) is 2.85. The molecule has 1 aromatic carbocycles. The second-order valence-corrected chi connectivity index (χ2v) is 4.36. The van der Waals surface area contributed by atoms with Gasteiger partial charge in [0, 0.05) is 29.8 Å². The number of nitrogens with zero attached hydrogens (tertiary/aromatic N) is 2. The van der Waals surface area contributed by atoms with Crippen molar-refractivity contribution in [1.82, 2.24) is 9.55 Å². The van der Waals surface area contributed by atoms with E-state index in [0.29, 0.717) is 0 Å². The summed E-state index contributed by atoms with van der Waals surface area (Å²) >= 11 is 0. The summed E-state index contributed by atoms with van der Waals surface area (Å²) < 4.78 is 2.12. The molecule has 3 heteroatoms. The zero-order valence-electron chi connectivity index (χ0n) is 10.7. The van der Waals surface area contributed by atoms with Crippen LogP contribution in [0.1, 0.15) is 5.56 Å². The normalized spacial score (nSPS) is 9.95. The molecule has 0 aliphatic rings. The van der Waals surface area contributed by atoms with Crippen molar-refractivity contribution < 1.29 is 0 Å². The molecule has 0 spiro atoms. The van der Waals surface area contributed by atoms with Gasteiger partial charge in [0.05, 0.1) is 5.69 Å². The predicted molar refractivity (Wildman–Crippen MR) is 81.0 cm³/mol. The minimum atomic E-state index is 0. The van der Waals surface area contributed by atoms with Gasteiger partial charge in [0.2, 0.25) is 0 Å². The Morgan fingerprint density at radius 3 is 2.63 bits per heavy atom. The van der Waals surface area contributed by atoms with Gasteiger partial charge in [-0.25, -0.2) is 0 Å². The second-order valence-electron chi connectivity index (χ2n) is 4.36. The average Bonchev–Trinajstić information content (AvgIpc) is 2.89. The lowest BCUT2D eigenvalue weighted by molar-refractivity contribution is 1.08. The molecular formula is C16H15ClN2. The highest BCUT2D eigenvalue weighted by molar-refractivity contribution is 5.85. The molecule has 0 radical (unpaired) electrons. The molecule has 0 bridgehead atoms. The monoisotopic (exact) mass is 270 g/mol. The van der Waals surface area contributed by atoms with Crippen molar-refractivity contribution in [3.05, 3.63) is 72.7 Å². The molecular weight excluding hydrogens is 256 g/mol. The van der Waals surface area contributed by atoms with Crippen LogP contribution in [-0.4, -0.2) is 9.55 Å². The van der Waals surface area contributed by atoms with Crippen molar-refractivity contribution in [3.63, 3.8) is 0 Å². The summed E-state index contributed by atoms with van der Waals surface area (Å²) in [5, 5.41) is 0. The number of halogens is 1. The smallest absolute Gasteiger partial charge is 0.0717 e. The van der Waals surface area contributed by atoms with Gasteiger partial charge < -0.3 is 4.57 Å². The van der Waals surface area contributed by atoms with Crippen LogP contribution >= 0.6 is 12.4 Å². The Balaban J connectivity index is 0.00000133. The maximum Gasteiger partial charge on any atom is 0.0717 e. The molecule has 3 aromatic rings. The summed E-state index contributed by atoms with van der Waals surface area (Å²) in [7, 11) is 0.